The van der Waals surface area contributed by atoms with Crippen LogP contribution >= 0.6 is 0 Å². The molecule has 0 aliphatic heterocycles. The third kappa shape index (κ3) is 2.51. The van der Waals surface area contributed by atoms with Gasteiger partial charge in [0, 0.05) is 5.69 Å². The van der Waals surface area contributed by atoms with E-state index in [0.29, 0.717) is 0 Å². The number of rotatable bonds is 0. The topological polar surface area (TPSA) is 27.0 Å². The molecule has 2 nitrogen and oxygen atoms in total. The van der Waals surface area contributed by atoms with Gasteiger partial charge in [-0.15, -0.1) is 5.69 Å². The maximum atomic E-state index is 3.87. The van der Waals surface area contributed by atoms with Gasteiger partial charge >= 0.3 is 32.7 Å². The van der Waals surface area contributed by atoms with Crippen LogP contribution in [0, 0.1) is 28.2 Å². The zero-order chi connectivity index (χ0) is 6.15. The maximum Gasteiger partial charge on any atom is 3.00 e. The van der Waals surface area contributed by atoms with Crippen molar-refractivity contribution in [3.63, 3.8) is 0 Å². The molecule has 1 aromatic heterocycles. The predicted molar refractivity (Wildman–Crippen MR) is 38.2 cm³/mol. The Labute approximate surface area is 87.7 Å². The molecule has 0 fully saturated rings. The molecule has 0 amide bonds. The molecule has 0 unspecified atom stereocenters. The summed E-state index contributed by atoms with van der Waals surface area (Å²) in [6.07, 6.45) is 0. The van der Waals surface area contributed by atoms with E-state index in [1.807, 2.05) is 20.8 Å². The van der Waals surface area contributed by atoms with Gasteiger partial charge in [0.2, 0.25) is 0 Å². The van der Waals surface area contributed by atoms with Crippen LogP contribution in [-0.2, 0) is 32.7 Å². The molecule has 0 radical (unpaired) electrons. The quantitative estimate of drug-likeness (QED) is 0.609. The van der Waals surface area contributed by atoms with Crippen molar-refractivity contribution in [3.8, 4) is 0 Å². The first-order valence-corrected chi connectivity index (χ1v) is 2.65. The SMILES string of the molecule is Cc1n[n-]c(C)c1C.[CH3-].[Y+3]. The Bertz CT molecular complexity index is 174. The zero-order valence-electron chi connectivity index (χ0n) is 6.97. The molecule has 1 rings (SSSR count). The fourth-order valence-corrected chi connectivity index (χ4v) is 0.562. The minimum absolute atomic E-state index is 0. The van der Waals surface area contributed by atoms with Gasteiger partial charge in [0.05, 0.1) is 0 Å². The van der Waals surface area contributed by atoms with Crippen molar-refractivity contribution < 1.29 is 32.7 Å². The van der Waals surface area contributed by atoms with Gasteiger partial charge in [-0.1, -0.05) is 6.92 Å². The Balaban J connectivity index is 0. The minimum atomic E-state index is 0. The van der Waals surface area contributed by atoms with E-state index >= 15 is 0 Å². The van der Waals surface area contributed by atoms with Crippen LogP contribution in [0.4, 0.5) is 0 Å². The van der Waals surface area contributed by atoms with Crippen molar-refractivity contribution in [2.24, 2.45) is 0 Å². The van der Waals surface area contributed by atoms with Crippen LogP contribution in [0.2, 0.25) is 0 Å². The summed E-state index contributed by atoms with van der Waals surface area (Å²) in [7, 11) is 0. The number of aromatic nitrogens is 2. The molecular formula is C7H12N2Y+. The van der Waals surface area contributed by atoms with Crippen molar-refractivity contribution in [1.29, 1.82) is 0 Å². The van der Waals surface area contributed by atoms with E-state index in [2.05, 4.69) is 10.2 Å². The molecule has 0 spiro atoms. The van der Waals surface area contributed by atoms with E-state index < -0.39 is 0 Å². The summed E-state index contributed by atoms with van der Waals surface area (Å²) < 4.78 is 0. The third-order valence-electron chi connectivity index (χ3n) is 1.44. The van der Waals surface area contributed by atoms with Gasteiger partial charge in [-0.3, -0.25) is 0 Å². The van der Waals surface area contributed by atoms with E-state index in [-0.39, 0.29) is 40.1 Å². The van der Waals surface area contributed by atoms with Crippen LogP contribution < -0.4 is 5.10 Å². The second kappa shape index (κ2) is 5.03. The molecule has 0 atom stereocenters. The summed E-state index contributed by atoms with van der Waals surface area (Å²) >= 11 is 0. The Morgan fingerprint density at radius 2 is 1.70 bits per heavy atom. The Kier molecular flexibility index (Phi) is 6.51. The fourth-order valence-electron chi connectivity index (χ4n) is 0.562. The van der Waals surface area contributed by atoms with Gasteiger partial charge in [-0.05, 0) is 19.4 Å². The molecule has 10 heavy (non-hydrogen) atoms. The molecular weight excluding hydrogens is 201 g/mol. The minimum Gasteiger partial charge on any atom is -0.579 e. The predicted octanol–water partition coefficient (Wildman–Crippen LogP) is 1.41. The first-order chi connectivity index (χ1) is 3.72. The molecule has 1 heterocycles. The Morgan fingerprint density at radius 1 is 1.20 bits per heavy atom. The van der Waals surface area contributed by atoms with Crippen LogP contribution in [0.15, 0.2) is 0 Å². The van der Waals surface area contributed by atoms with E-state index in [0.717, 1.165) is 11.4 Å². The molecule has 0 N–H and O–H groups in total. The standard InChI is InChI=1S/C6H9N2.CH3.Y/c1-4-5(2)7-8-6(4)3;;/h1-3H3;1H3;/q2*-1;+3. The summed E-state index contributed by atoms with van der Waals surface area (Å²) in [6.45, 7) is 5.97. The van der Waals surface area contributed by atoms with Crippen LogP contribution in [0.3, 0.4) is 0 Å². The van der Waals surface area contributed by atoms with Crippen LogP contribution in [0.1, 0.15) is 17.0 Å². The average molecular weight is 213 g/mol. The van der Waals surface area contributed by atoms with Gasteiger partial charge < -0.3 is 17.6 Å². The maximum absolute atomic E-state index is 3.87. The van der Waals surface area contributed by atoms with Gasteiger partial charge in [0.1, 0.15) is 0 Å². The van der Waals surface area contributed by atoms with Crippen LogP contribution in [-0.4, -0.2) is 5.10 Å². The molecule has 0 saturated carbocycles. The van der Waals surface area contributed by atoms with Gasteiger partial charge in [0.15, 0.2) is 0 Å². The van der Waals surface area contributed by atoms with Gasteiger partial charge in [-0.2, -0.15) is 0 Å². The van der Waals surface area contributed by atoms with E-state index in [1.54, 1.807) is 0 Å². The van der Waals surface area contributed by atoms with Crippen LogP contribution in [0.25, 0.3) is 0 Å². The molecule has 0 bridgehead atoms. The van der Waals surface area contributed by atoms with Crippen molar-refractivity contribution in [3.05, 3.63) is 24.4 Å². The summed E-state index contributed by atoms with van der Waals surface area (Å²) in [5, 5.41) is 7.73. The summed E-state index contributed by atoms with van der Waals surface area (Å²) in [5.41, 5.74) is 3.30. The molecule has 0 aliphatic carbocycles. The number of aryl methyl sites for hydroxylation is 2. The Morgan fingerprint density at radius 3 is 1.80 bits per heavy atom. The number of hydrogen-bond donors (Lipinski definition) is 0. The monoisotopic (exact) mass is 213 g/mol. The normalized spacial score (nSPS) is 7.90. The fraction of sp³-hybridized carbons (Fsp3) is 0.429. The van der Waals surface area contributed by atoms with E-state index in [4.69, 9.17) is 0 Å². The van der Waals surface area contributed by atoms with Crippen molar-refractivity contribution >= 4 is 0 Å². The third-order valence-corrected chi connectivity index (χ3v) is 1.44. The largest absolute Gasteiger partial charge is 3.00 e. The number of hydrogen-bond acceptors (Lipinski definition) is 1. The zero-order valence-corrected chi connectivity index (χ0v) is 9.81. The van der Waals surface area contributed by atoms with Gasteiger partial charge in [0.25, 0.3) is 0 Å². The first-order valence-electron chi connectivity index (χ1n) is 2.65. The molecule has 52 valence electrons. The number of nitrogens with zero attached hydrogens (tertiary/aromatic N) is 2. The van der Waals surface area contributed by atoms with Crippen molar-refractivity contribution in [2.75, 3.05) is 0 Å². The van der Waals surface area contributed by atoms with Crippen molar-refractivity contribution in [2.45, 2.75) is 20.8 Å². The summed E-state index contributed by atoms with van der Waals surface area (Å²) in [4.78, 5) is 0. The molecule has 1 aromatic rings. The summed E-state index contributed by atoms with van der Waals surface area (Å²) in [6, 6.07) is 0. The molecule has 3 heteroatoms. The first kappa shape index (κ1) is 12.9. The van der Waals surface area contributed by atoms with E-state index in [1.165, 1.54) is 5.56 Å². The molecule has 0 aromatic carbocycles. The average Bonchev–Trinajstić information content (AvgIpc) is 1.98. The second-order valence-corrected chi connectivity index (χ2v) is 2.00. The summed E-state index contributed by atoms with van der Waals surface area (Å²) in [5.74, 6) is 0. The second-order valence-electron chi connectivity index (χ2n) is 2.00. The van der Waals surface area contributed by atoms with Crippen LogP contribution in [0.5, 0.6) is 0 Å². The molecule has 0 saturated heterocycles. The van der Waals surface area contributed by atoms with Crippen molar-refractivity contribution in [1.82, 2.24) is 10.2 Å². The molecule has 0 aliphatic rings. The Hall–Kier alpha value is 0.314. The van der Waals surface area contributed by atoms with Gasteiger partial charge in [-0.25, -0.2) is 0 Å². The van der Waals surface area contributed by atoms with E-state index in [9.17, 15) is 0 Å². The smallest absolute Gasteiger partial charge is 0.579 e.